The third-order valence-electron chi connectivity index (χ3n) is 9.79. The first-order valence-corrected chi connectivity index (χ1v) is 14.6. The van der Waals surface area contributed by atoms with Gasteiger partial charge < -0.3 is 59.3 Å². The quantitative estimate of drug-likeness (QED) is 0.250. The van der Waals surface area contributed by atoms with E-state index in [1.807, 2.05) is 12.1 Å². The van der Waals surface area contributed by atoms with Gasteiger partial charge in [-0.05, 0) is 48.2 Å². The Morgan fingerprint density at radius 3 is 2.60 bits per heavy atom. The highest BCUT2D eigenvalue weighted by Gasteiger charge is 2.71. The fourth-order valence-corrected chi connectivity index (χ4v) is 7.60. The summed E-state index contributed by atoms with van der Waals surface area (Å²) in [6.07, 6.45) is -6.11. The van der Waals surface area contributed by atoms with Crippen LogP contribution >= 0.6 is 0 Å². The normalized spacial score (nSPS) is 33.4. The predicted molar refractivity (Wildman–Crippen MR) is 154 cm³/mol. The summed E-state index contributed by atoms with van der Waals surface area (Å²) in [6, 6.07) is 11.2. The number of anilines is 1. The van der Waals surface area contributed by atoms with Gasteiger partial charge in [0.2, 0.25) is 5.75 Å². The van der Waals surface area contributed by atoms with Gasteiger partial charge in [0, 0.05) is 11.1 Å². The summed E-state index contributed by atoms with van der Waals surface area (Å²) in [5, 5.41) is 56.6. The number of methoxy groups -OCH3 is 2. The fraction of sp³-hybridized carbons (Fsp3) is 0.406. The standard InChI is InChI=1S/C32H31NO12/c1-40-18-7-6-15-17-12-42-27-21(24(17)43-25(15)26(18)41-2)16(13-4-3-5-14(34)10-13)11-19-22(27)33-20-8-9-31(30(38)39)28(36)23(35)29(37)32(20,44-19)45-31/h3-7,10-11,17,20,23-24,28-29,33-37H,8-9,12H2,1-2H3,(H,38,39). The summed E-state index contributed by atoms with van der Waals surface area (Å²) < 4.78 is 36.7. The van der Waals surface area contributed by atoms with Crippen molar-refractivity contribution < 1.29 is 58.7 Å². The molecule has 8 unspecified atom stereocenters. The van der Waals surface area contributed by atoms with Crippen molar-refractivity contribution in [2.75, 3.05) is 26.1 Å². The van der Waals surface area contributed by atoms with Crippen molar-refractivity contribution in [3.63, 3.8) is 0 Å². The molecule has 0 aliphatic carbocycles. The zero-order chi connectivity index (χ0) is 31.4. The molecule has 3 aromatic rings. The molecule has 13 nitrogen and oxygen atoms in total. The second-order valence-corrected chi connectivity index (χ2v) is 12.0. The van der Waals surface area contributed by atoms with E-state index >= 15 is 0 Å². The molecule has 236 valence electrons. The van der Waals surface area contributed by atoms with Crippen LogP contribution in [0.15, 0.2) is 42.5 Å². The summed E-state index contributed by atoms with van der Waals surface area (Å²) in [5.41, 5.74) is 0.992. The lowest BCUT2D eigenvalue weighted by molar-refractivity contribution is -0.381. The number of benzene rings is 3. The van der Waals surface area contributed by atoms with Gasteiger partial charge in [0.05, 0.1) is 32.8 Å². The summed E-state index contributed by atoms with van der Waals surface area (Å²) in [7, 11) is 3.09. The van der Waals surface area contributed by atoms with Gasteiger partial charge in [0.25, 0.3) is 5.79 Å². The van der Waals surface area contributed by atoms with Crippen LogP contribution < -0.4 is 29.0 Å². The first kappa shape index (κ1) is 28.1. The van der Waals surface area contributed by atoms with Gasteiger partial charge in [-0.3, -0.25) is 0 Å². The second kappa shape index (κ2) is 9.54. The number of ether oxygens (including phenoxy) is 6. The molecule has 13 heteroatoms. The van der Waals surface area contributed by atoms with E-state index in [1.165, 1.54) is 0 Å². The highest BCUT2D eigenvalue weighted by molar-refractivity contribution is 5.84. The molecule has 0 aromatic heterocycles. The average Bonchev–Trinajstić information content (AvgIpc) is 3.43. The lowest BCUT2D eigenvalue weighted by atomic mass is 9.72. The molecule has 8 rings (SSSR count). The Hall–Kier alpha value is -4.43. The molecule has 5 heterocycles. The highest BCUT2D eigenvalue weighted by Crippen LogP contribution is 2.62. The van der Waals surface area contributed by atoms with E-state index in [0.29, 0.717) is 45.4 Å². The third-order valence-corrected chi connectivity index (χ3v) is 9.79. The molecule has 45 heavy (non-hydrogen) atoms. The van der Waals surface area contributed by atoms with Gasteiger partial charge in [-0.25, -0.2) is 4.79 Å². The number of carbonyl (C=O) groups is 1. The minimum absolute atomic E-state index is 0.0219. The molecule has 0 radical (unpaired) electrons. The van der Waals surface area contributed by atoms with Crippen molar-refractivity contribution in [1.82, 2.24) is 0 Å². The maximum atomic E-state index is 12.4. The largest absolute Gasteiger partial charge is 0.508 e. The van der Waals surface area contributed by atoms with Crippen LogP contribution in [0, 0.1) is 0 Å². The Balaban J connectivity index is 1.30. The van der Waals surface area contributed by atoms with E-state index in [4.69, 9.17) is 28.4 Å². The van der Waals surface area contributed by atoms with E-state index in [0.717, 1.165) is 5.56 Å². The van der Waals surface area contributed by atoms with E-state index in [1.54, 1.807) is 44.6 Å². The van der Waals surface area contributed by atoms with Crippen molar-refractivity contribution in [3.8, 4) is 45.6 Å². The molecule has 3 aromatic carbocycles. The van der Waals surface area contributed by atoms with Gasteiger partial charge in [0.1, 0.15) is 35.9 Å². The predicted octanol–water partition coefficient (Wildman–Crippen LogP) is 2.29. The molecular weight excluding hydrogens is 590 g/mol. The number of rotatable bonds is 4. The summed E-state index contributed by atoms with van der Waals surface area (Å²) in [4.78, 5) is 12.4. The van der Waals surface area contributed by atoms with Crippen molar-refractivity contribution >= 4 is 11.7 Å². The summed E-state index contributed by atoms with van der Waals surface area (Å²) in [6.45, 7) is 0.236. The van der Waals surface area contributed by atoms with E-state index < -0.39 is 47.8 Å². The van der Waals surface area contributed by atoms with Crippen LogP contribution in [0.5, 0.6) is 34.5 Å². The number of aliphatic hydroxyl groups is 3. The lowest BCUT2D eigenvalue weighted by Gasteiger charge is -2.59. The number of nitrogens with one attached hydrogen (secondary N) is 1. The van der Waals surface area contributed by atoms with Crippen LogP contribution in [0.25, 0.3) is 11.1 Å². The third kappa shape index (κ3) is 3.60. The lowest BCUT2D eigenvalue weighted by Crippen LogP contribution is -2.80. The SMILES string of the molecule is COc1ccc2c(c1OC)OC1c3c(-c4cccc(O)c4)cc4c(c3OCC21)NC1CCC2(C(=O)O)OC1(O4)C(O)C(O)C2O. The molecule has 5 aliphatic rings. The van der Waals surface area contributed by atoms with Crippen LogP contribution in [-0.4, -0.2) is 88.1 Å². The topological polar surface area (TPSA) is 186 Å². The summed E-state index contributed by atoms with van der Waals surface area (Å²) >= 11 is 0. The van der Waals surface area contributed by atoms with Crippen LogP contribution in [0.2, 0.25) is 0 Å². The van der Waals surface area contributed by atoms with E-state index in [9.17, 15) is 30.3 Å². The van der Waals surface area contributed by atoms with E-state index in [2.05, 4.69) is 5.32 Å². The number of aliphatic hydroxyl groups excluding tert-OH is 3. The van der Waals surface area contributed by atoms with Crippen LogP contribution in [0.4, 0.5) is 5.69 Å². The molecule has 8 atom stereocenters. The monoisotopic (exact) mass is 621 g/mol. The molecule has 1 spiro atoms. The fourth-order valence-electron chi connectivity index (χ4n) is 7.60. The summed E-state index contributed by atoms with van der Waals surface area (Å²) in [5.74, 6) is -1.64. The minimum atomic E-state index is -2.19. The number of carboxylic acid groups (broad SMARTS) is 1. The maximum absolute atomic E-state index is 12.4. The van der Waals surface area contributed by atoms with Crippen LogP contribution in [-0.2, 0) is 9.53 Å². The number of aliphatic carboxylic acids is 1. The Kier molecular flexibility index (Phi) is 5.95. The molecule has 0 saturated carbocycles. The molecule has 2 bridgehead atoms. The number of hydrogen-bond acceptors (Lipinski definition) is 12. The number of phenolic OH excluding ortho intramolecular Hbond substituents is 1. The Bertz CT molecular complexity index is 1750. The Morgan fingerprint density at radius 2 is 1.87 bits per heavy atom. The van der Waals surface area contributed by atoms with Gasteiger partial charge in [-0.15, -0.1) is 0 Å². The molecule has 0 amide bonds. The highest BCUT2D eigenvalue weighted by atomic mass is 16.7. The van der Waals surface area contributed by atoms with Gasteiger partial charge in [-0.1, -0.05) is 18.2 Å². The number of hydrogen-bond donors (Lipinski definition) is 6. The number of phenols is 1. The van der Waals surface area contributed by atoms with Gasteiger partial charge in [-0.2, -0.15) is 0 Å². The molecular formula is C32H31NO12. The van der Waals surface area contributed by atoms with Crippen molar-refractivity contribution in [3.05, 3.63) is 53.6 Å². The molecule has 2 fully saturated rings. The van der Waals surface area contributed by atoms with Gasteiger partial charge >= 0.3 is 5.97 Å². The number of carboxylic acids is 1. The zero-order valence-electron chi connectivity index (χ0n) is 24.2. The molecule has 6 N–H and O–H groups in total. The second-order valence-electron chi connectivity index (χ2n) is 12.0. The first-order valence-electron chi connectivity index (χ1n) is 14.6. The Labute approximate surface area is 256 Å². The average molecular weight is 622 g/mol. The number of aromatic hydroxyl groups is 1. The van der Waals surface area contributed by atoms with E-state index in [-0.39, 0.29) is 36.9 Å². The molecule has 5 aliphatic heterocycles. The molecule has 2 saturated heterocycles. The van der Waals surface area contributed by atoms with Crippen molar-refractivity contribution in [2.24, 2.45) is 0 Å². The van der Waals surface area contributed by atoms with Crippen molar-refractivity contribution in [1.29, 1.82) is 0 Å². The Morgan fingerprint density at radius 1 is 1.04 bits per heavy atom. The number of fused-ring (bicyclic) bond motifs is 8. The zero-order valence-corrected chi connectivity index (χ0v) is 24.2. The van der Waals surface area contributed by atoms with Crippen LogP contribution in [0.1, 0.15) is 36.0 Å². The van der Waals surface area contributed by atoms with Crippen LogP contribution in [0.3, 0.4) is 0 Å². The van der Waals surface area contributed by atoms with Crippen molar-refractivity contribution in [2.45, 2.75) is 60.6 Å². The first-order chi connectivity index (χ1) is 21.6. The van der Waals surface area contributed by atoms with Gasteiger partial charge in [0.15, 0.2) is 28.6 Å². The maximum Gasteiger partial charge on any atom is 0.339 e. The smallest absolute Gasteiger partial charge is 0.339 e. The minimum Gasteiger partial charge on any atom is -0.508 e.